The first-order chi connectivity index (χ1) is 6.13. The maximum atomic E-state index is 11.7. The number of Topliss-reactive ketones (excluding diaryl/α,β-unsaturated/α-hetero) is 1. The number of ketones is 1. The Kier molecular flexibility index (Phi) is 3.48. The average Bonchev–Trinajstić information content (AvgIpc) is 2.17. The van der Waals surface area contributed by atoms with Gasteiger partial charge in [0.1, 0.15) is 0 Å². The minimum Gasteiger partial charge on any atom is -0.490 e. The summed E-state index contributed by atoms with van der Waals surface area (Å²) in [5.41, 5.74) is 5.64. The summed E-state index contributed by atoms with van der Waals surface area (Å²) >= 11 is 0. The third-order valence-electron chi connectivity index (χ3n) is 2.38. The third-order valence-corrected chi connectivity index (χ3v) is 2.38. The first-order valence-electron chi connectivity index (χ1n) is 4.75. The highest BCUT2D eigenvalue weighted by Crippen LogP contribution is 2.16. The predicted octanol–water partition coefficient (Wildman–Crippen LogP) is 1.23. The molecular weight excluding hydrogens is 166 g/mol. The van der Waals surface area contributed by atoms with Crippen LogP contribution in [0.3, 0.4) is 0 Å². The quantitative estimate of drug-likeness (QED) is 0.716. The molecule has 1 heterocycles. The molecule has 0 spiro atoms. The van der Waals surface area contributed by atoms with E-state index in [1.165, 1.54) is 0 Å². The second kappa shape index (κ2) is 4.42. The summed E-state index contributed by atoms with van der Waals surface area (Å²) < 4.78 is 5.27. The molecule has 0 saturated carbocycles. The molecule has 0 saturated heterocycles. The van der Waals surface area contributed by atoms with Crippen LogP contribution in [-0.2, 0) is 9.53 Å². The van der Waals surface area contributed by atoms with E-state index in [1.807, 2.05) is 19.9 Å². The van der Waals surface area contributed by atoms with Gasteiger partial charge in [0.2, 0.25) is 5.78 Å². The van der Waals surface area contributed by atoms with E-state index < -0.39 is 0 Å². The van der Waals surface area contributed by atoms with Crippen molar-refractivity contribution in [2.24, 2.45) is 11.7 Å². The molecule has 3 heteroatoms. The minimum absolute atomic E-state index is 0.0368. The fourth-order valence-corrected chi connectivity index (χ4v) is 1.19. The van der Waals surface area contributed by atoms with Crippen LogP contribution < -0.4 is 5.73 Å². The van der Waals surface area contributed by atoms with Gasteiger partial charge in [0.15, 0.2) is 5.76 Å². The van der Waals surface area contributed by atoms with Crippen LogP contribution in [0.1, 0.15) is 26.7 Å². The van der Waals surface area contributed by atoms with Crippen LogP contribution in [-0.4, -0.2) is 18.4 Å². The number of hydrogen-bond acceptors (Lipinski definition) is 3. The second-order valence-electron chi connectivity index (χ2n) is 3.57. The molecule has 2 N–H and O–H groups in total. The Morgan fingerprint density at radius 2 is 2.31 bits per heavy atom. The molecule has 0 aliphatic carbocycles. The SMILES string of the molecule is CC(N)C(C)C(=O)C1=CCCCO1. The van der Waals surface area contributed by atoms with Crippen LogP contribution in [0.25, 0.3) is 0 Å². The molecule has 74 valence electrons. The number of hydrogen-bond donors (Lipinski definition) is 1. The van der Waals surface area contributed by atoms with Gasteiger partial charge in [-0.25, -0.2) is 0 Å². The Morgan fingerprint density at radius 1 is 1.62 bits per heavy atom. The van der Waals surface area contributed by atoms with Crippen molar-refractivity contribution in [2.45, 2.75) is 32.7 Å². The zero-order valence-electron chi connectivity index (χ0n) is 8.25. The molecular formula is C10H17NO2. The van der Waals surface area contributed by atoms with Gasteiger partial charge in [-0.1, -0.05) is 6.92 Å². The highest BCUT2D eigenvalue weighted by Gasteiger charge is 2.23. The molecule has 13 heavy (non-hydrogen) atoms. The van der Waals surface area contributed by atoms with Gasteiger partial charge in [-0.15, -0.1) is 0 Å². The van der Waals surface area contributed by atoms with Crippen molar-refractivity contribution in [3.8, 4) is 0 Å². The Morgan fingerprint density at radius 3 is 2.77 bits per heavy atom. The fraction of sp³-hybridized carbons (Fsp3) is 0.700. The molecule has 0 amide bonds. The Bertz CT molecular complexity index is 221. The molecule has 3 nitrogen and oxygen atoms in total. The zero-order chi connectivity index (χ0) is 9.84. The van der Waals surface area contributed by atoms with Gasteiger partial charge < -0.3 is 10.5 Å². The highest BCUT2D eigenvalue weighted by molar-refractivity contribution is 5.95. The predicted molar refractivity (Wildman–Crippen MR) is 51.1 cm³/mol. The molecule has 0 fully saturated rings. The molecule has 1 aliphatic heterocycles. The maximum Gasteiger partial charge on any atom is 0.201 e. The molecule has 0 aromatic rings. The van der Waals surface area contributed by atoms with E-state index in [9.17, 15) is 4.79 Å². The average molecular weight is 183 g/mol. The lowest BCUT2D eigenvalue weighted by Crippen LogP contribution is -2.32. The molecule has 1 aliphatic rings. The molecule has 0 aromatic carbocycles. The fourth-order valence-electron chi connectivity index (χ4n) is 1.19. The number of allylic oxidation sites excluding steroid dienone is 2. The summed E-state index contributed by atoms with van der Waals surface area (Å²) in [4.78, 5) is 11.7. The maximum absolute atomic E-state index is 11.7. The van der Waals surface area contributed by atoms with Gasteiger partial charge in [0, 0.05) is 12.0 Å². The van der Waals surface area contributed by atoms with Crippen molar-refractivity contribution >= 4 is 5.78 Å². The van der Waals surface area contributed by atoms with E-state index in [2.05, 4.69) is 0 Å². The summed E-state index contributed by atoms with van der Waals surface area (Å²) in [5, 5.41) is 0. The van der Waals surface area contributed by atoms with Gasteiger partial charge in [0.05, 0.1) is 6.61 Å². The second-order valence-corrected chi connectivity index (χ2v) is 3.57. The molecule has 0 bridgehead atoms. The van der Waals surface area contributed by atoms with E-state index in [4.69, 9.17) is 10.5 Å². The lowest BCUT2D eigenvalue weighted by atomic mass is 9.97. The molecule has 1 rings (SSSR count). The topological polar surface area (TPSA) is 52.3 Å². The Balaban J connectivity index is 2.60. The summed E-state index contributed by atoms with van der Waals surface area (Å²) in [7, 11) is 0. The van der Waals surface area contributed by atoms with Gasteiger partial charge in [-0.05, 0) is 25.8 Å². The van der Waals surface area contributed by atoms with E-state index in [1.54, 1.807) is 0 Å². The van der Waals surface area contributed by atoms with Gasteiger partial charge in [-0.3, -0.25) is 4.79 Å². The normalized spacial score (nSPS) is 21.3. The Labute approximate surface area is 78.9 Å². The summed E-state index contributed by atoms with van der Waals surface area (Å²) in [5.74, 6) is 0.398. The first kappa shape index (κ1) is 10.3. The standard InChI is InChI=1S/C10H17NO2/c1-7(8(2)11)10(12)9-5-3-4-6-13-9/h5,7-8H,3-4,6,11H2,1-2H3. The lowest BCUT2D eigenvalue weighted by Gasteiger charge is -2.19. The van der Waals surface area contributed by atoms with Crippen LogP contribution in [0.4, 0.5) is 0 Å². The molecule has 0 radical (unpaired) electrons. The van der Waals surface area contributed by atoms with Crippen LogP contribution in [0.2, 0.25) is 0 Å². The van der Waals surface area contributed by atoms with Gasteiger partial charge in [0.25, 0.3) is 0 Å². The summed E-state index contributed by atoms with van der Waals surface area (Å²) in [6, 6.07) is -0.112. The Hall–Kier alpha value is -0.830. The van der Waals surface area contributed by atoms with Crippen LogP contribution in [0.5, 0.6) is 0 Å². The minimum atomic E-state index is -0.149. The highest BCUT2D eigenvalue weighted by atomic mass is 16.5. The number of rotatable bonds is 3. The number of ether oxygens (including phenoxy) is 1. The number of nitrogens with two attached hydrogens (primary N) is 1. The summed E-state index contributed by atoms with van der Waals surface area (Å²) in [6.45, 7) is 4.33. The van der Waals surface area contributed by atoms with Crippen molar-refractivity contribution in [3.05, 3.63) is 11.8 Å². The van der Waals surface area contributed by atoms with E-state index in [0.29, 0.717) is 12.4 Å². The molecule has 0 aromatic heterocycles. The lowest BCUT2D eigenvalue weighted by molar-refractivity contribution is -0.122. The van der Waals surface area contributed by atoms with Crippen molar-refractivity contribution in [1.82, 2.24) is 0 Å². The monoisotopic (exact) mass is 183 g/mol. The van der Waals surface area contributed by atoms with E-state index >= 15 is 0 Å². The van der Waals surface area contributed by atoms with Crippen molar-refractivity contribution in [1.29, 1.82) is 0 Å². The molecule has 2 unspecified atom stereocenters. The smallest absolute Gasteiger partial charge is 0.201 e. The van der Waals surface area contributed by atoms with E-state index in [0.717, 1.165) is 12.8 Å². The van der Waals surface area contributed by atoms with E-state index in [-0.39, 0.29) is 17.7 Å². The van der Waals surface area contributed by atoms with Crippen molar-refractivity contribution < 1.29 is 9.53 Å². The third kappa shape index (κ3) is 2.56. The zero-order valence-corrected chi connectivity index (χ0v) is 8.25. The first-order valence-corrected chi connectivity index (χ1v) is 4.75. The van der Waals surface area contributed by atoms with Crippen molar-refractivity contribution in [3.63, 3.8) is 0 Å². The van der Waals surface area contributed by atoms with Crippen LogP contribution in [0.15, 0.2) is 11.8 Å². The number of carbonyl (C=O) groups excluding carboxylic acids is 1. The van der Waals surface area contributed by atoms with Crippen molar-refractivity contribution in [2.75, 3.05) is 6.61 Å². The van der Waals surface area contributed by atoms with Gasteiger partial charge >= 0.3 is 0 Å². The van der Waals surface area contributed by atoms with Crippen LogP contribution in [0, 0.1) is 5.92 Å². The largest absolute Gasteiger partial charge is 0.490 e. The van der Waals surface area contributed by atoms with Gasteiger partial charge in [-0.2, -0.15) is 0 Å². The summed E-state index contributed by atoms with van der Waals surface area (Å²) in [6.07, 6.45) is 3.81. The number of carbonyl (C=O) groups is 1. The molecule has 2 atom stereocenters. The van der Waals surface area contributed by atoms with Crippen LogP contribution >= 0.6 is 0 Å².